The van der Waals surface area contributed by atoms with Crippen LogP contribution in [0.15, 0.2) is 167 Å². The van der Waals surface area contributed by atoms with Gasteiger partial charge in [0.2, 0.25) is 12.8 Å². The average Bonchev–Trinajstić information content (AvgIpc) is 3.29. The van der Waals surface area contributed by atoms with Crippen molar-refractivity contribution in [1.82, 2.24) is 19.8 Å². The van der Waals surface area contributed by atoms with Crippen LogP contribution in [0, 0.1) is 0 Å². The molecule has 0 radical (unpaired) electrons. The maximum Gasteiger partial charge on any atom is 2.00 e. The first-order valence-electron chi connectivity index (χ1n) is 18.6. The molecule has 4 N–H and O–H groups in total. The van der Waals surface area contributed by atoms with Crippen LogP contribution in [0.3, 0.4) is 0 Å². The quantitative estimate of drug-likeness (QED) is 0.0563. The van der Waals surface area contributed by atoms with Crippen LogP contribution in [0.4, 0.5) is 0 Å². The fourth-order valence-electron chi connectivity index (χ4n) is 4.01. The van der Waals surface area contributed by atoms with Crippen molar-refractivity contribution in [2.45, 2.75) is 13.8 Å². The van der Waals surface area contributed by atoms with Crippen molar-refractivity contribution in [2.75, 3.05) is 28.2 Å². The number of aromatic nitrogens is 2. The van der Waals surface area contributed by atoms with Gasteiger partial charge < -0.3 is 50.7 Å². The molecule has 6 aromatic rings. The van der Waals surface area contributed by atoms with Gasteiger partial charge in [-0.1, -0.05) is 72.2 Å². The van der Waals surface area contributed by atoms with Crippen LogP contribution >= 0.6 is 0 Å². The smallest absolute Gasteiger partial charge is 0.872 e. The van der Waals surface area contributed by atoms with Gasteiger partial charge >= 0.3 is 39.0 Å². The number of aromatic hydroxyl groups is 4. The molecule has 0 spiro atoms. The number of carbonyl (C=O) groups excluding carboxylic acids is 2. The van der Waals surface area contributed by atoms with Gasteiger partial charge in [0.1, 0.15) is 23.0 Å². The molecule has 0 aliphatic rings. The van der Waals surface area contributed by atoms with Crippen LogP contribution in [0.1, 0.15) is 36.1 Å². The third-order valence-corrected chi connectivity index (χ3v) is 7.12. The Morgan fingerprint density at radius 3 is 1.02 bits per heavy atom. The number of carbonyl (C=O) groups is 2. The first kappa shape index (κ1) is 60.5. The molecule has 2 heterocycles. The minimum Gasteiger partial charge on any atom is -0.872 e. The van der Waals surface area contributed by atoms with Crippen LogP contribution in [-0.4, -0.2) is 104 Å². The zero-order chi connectivity index (χ0) is 47.9. The third-order valence-electron chi connectivity index (χ3n) is 7.12. The predicted molar refractivity (Wildman–Crippen MR) is 237 cm³/mol. The van der Waals surface area contributed by atoms with Gasteiger partial charge in [0.25, 0.3) is 0 Å². The normalized spacial score (nSPS) is 10.4. The summed E-state index contributed by atoms with van der Waals surface area (Å²) in [6.45, 7) is 3.05. The molecule has 66 heavy (non-hydrogen) atoms. The van der Waals surface area contributed by atoms with Gasteiger partial charge in [-0.3, -0.25) is 19.6 Å². The van der Waals surface area contributed by atoms with Crippen LogP contribution in [0.2, 0.25) is 0 Å². The van der Waals surface area contributed by atoms with Crippen LogP contribution in [0.25, 0.3) is 0 Å². The number of para-hydroxylation sites is 2. The van der Waals surface area contributed by atoms with Gasteiger partial charge in [-0.05, 0) is 85.6 Å². The molecule has 4 aromatic carbocycles. The number of nitrogens with zero attached hydrogens (tertiary/aromatic N) is 8. The second-order valence-electron chi connectivity index (χ2n) is 12.8. The molecule has 0 saturated heterocycles. The number of phenolic OH excluding ortho intramolecular Hbond substituents is 4. The SMILES string of the molecule is C/C(=N\N=C(/[O-])c1ccccc1O)c1ccc(O)cc1[O-].C/C(=N\N=C(/[O-])c1ccccc1O)c1ccc(O)cc1[O-].CN(C)C=O.CN(C)C=O.[Zn+2].[Zn+2].c1ccncc1.c1ccncc1. The van der Waals surface area contributed by atoms with E-state index in [0.717, 1.165) is 25.0 Å². The van der Waals surface area contributed by atoms with E-state index in [1.54, 1.807) is 77.2 Å². The van der Waals surface area contributed by atoms with E-state index in [4.69, 9.17) is 0 Å². The second-order valence-corrected chi connectivity index (χ2v) is 12.8. The van der Waals surface area contributed by atoms with Crippen molar-refractivity contribution in [3.8, 4) is 34.5 Å². The molecule has 2 amide bonds. The van der Waals surface area contributed by atoms with E-state index in [1.807, 2.05) is 36.4 Å². The Morgan fingerprint density at radius 1 is 0.485 bits per heavy atom. The number of rotatable bonds is 8. The summed E-state index contributed by atoms with van der Waals surface area (Å²) in [5.74, 6) is -2.90. The zero-order valence-corrected chi connectivity index (χ0v) is 43.2. The van der Waals surface area contributed by atoms with Gasteiger partial charge in [-0.2, -0.15) is 20.4 Å². The molecule has 0 fully saturated rings. The largest absolute Gasteiger partial charge is 2.00 e. The molecule has 0 bridgehead atoms. The summed E-state index contributed by atoms with van der Waals surface area (Å²) in [4.78, 5) is 29.3. The molecule has 18 nitrogen and oxygen atoms in total. The fraction of sp³-hybridized carbons (Fsp3) is 0.130. The summed E-state index contributed by atoms with van der Waals surface area (Å²) < 4.78 is 0. The third kappa shape index (κ3) is 25.5. The van der Waals surface area contributed by atoms with Gasteiger partial charge in [-0.25, -0.2) is 0 Å². The second kappa shape index (κ2) is 34.9. The minimum atomic E-state index is -0.710. The van der Waals surface area contributed by atoms with Crippen LogP contribution in [-0.2, 0) is 48.5 Å². The number of hydrogen-bond acceptors (Lipinski definition) is 16. The molecule has 0 aliphatic carbocycles. The standard InChI is InChI=1S/2C15H14N2O4.2C5H5N.2C3H7NO.2Zn/c2*1-9(11-7-6-10(18)8-14(11)20)16-17-15(21)12-4-2-3-5-13(12)19;2*1-2-4-6-5-3-1;2*1-4(2)3-5;;/h2*2-8,18-20H,1H3,(H,17,21);2*1-5H;2*3H,1-2H3;;/q;;;;;;2*+2/p-4/b2*16-9+;;;;;;. The average molecular weight is 1000 g/mol. The Hall–Kier alpha value is -7.55. The Balaban J connectivity index is 0. The summed E-state index contributed by atoms with van der Waals surface area (Å²) in [5.41, 5.74) is 1.01. The Bertz CT molecular complexity index is 2200. The Kier molecular flexibility index (Phi) is 32.0. The van der Waals surface area contributed by atoms with E-state index in [0.29, 0.717) is 0 Å². The maximum absolute atomic E-state index is 11.8. The Labute approximate surface area is 408 Å². The first-order valence-corrected chi connectivity index (χ1v) is 18.6. The van der Waals surface area contributed by atoms with E-state index in [1.165, 1.54) is 72.2 Å². The summed E-state index contributed by atoms with van der Waals surface area (Å²) >= 11 is 0. The van der Waals surface area contributed by atoms with Crippen molar-refractivity contribution < 1.29 is 89.4 Å². The summed E-state index contributed by atoms with van der Waals surface area (Å²) in [5, 5.41) is 98.6. The number of pyridine rings is 2. The molecule has 6 rings (SSSR count). The molecular formula is C46H48N8O10Zn2. The van der Waals surface area contributed by atoms with Crippen molar-refractivity contribution in [3.63, 3.8) is 0 Å². The fourth-order valence-corrected chi connectivity index (χ4v) is 4.01. The number of amides is 2. The minimum absolute atomic E-state index is 0. The summed E-state index contributed by atoms with van der Waals surface area (Å²) in [6.07, 6.45) is 8.50. The van der Waals surface area contributed by atoms with Crippen LogP contribution in [0.5, 0.6) is 34.5 Å². The summed E-state index contributed by atoms with van der Waals surface area (Å²) in [7, 11) is 6.75. The van der Waals surface area contributed by atoms with Gasteiger partial charge in [0.15, 0.2) is 0 Å². The van der Waals surface area contributed by atoms with Crippen molar-refractivity contribution in [1.29, 1.82) is 0 Å². The van der Waals surface area contributed by atoms with E-state index in [2.05, 4.69) is 30.4 Å². The predicted octanol–water partition coefficient (Wildman–Crippen LogP) is 2.97. The number of phenols is 4. The van der Waals surface area contributed by atoms with Crippen molar-refractivity contribution in [3.05, 3.63) is 168 Å². The topological polar surface area (TPSA) is 289 Å². The molecule has 0 unspecified atom stereocenters. The van der Waals surface area contributed by atoms with Crippen molar-refractivity contribution in [2.24, 2.45) is 20.4 Å². The molecular weight excluding hydrogens is 955 g/mol. The van der Waals surface area contributed by atoms with Crippen molar-refractivity contribution >= 4 is 36.0 Å². The first-order chi connectivity index (χ1) is 30.5. The van der Waals surface area contributed by atoms with E-state index in [-0.39, 0.29) is 95.6 Å². The summed E-state index contributed by atoms with van der Waals surface area (Å²) in [6, 6.07) is 31.0. The van der Waals surface area contributed by atoms with Gasteiger partial charge in [0, 0.05) is 75.9 Å². The maximum atomic E-state index is 11.8. The molecule has 0 aliphatic heterocycles. The van der Waals surface area contributed by atoms with E-state index < -0.39 is 23.3 Å². The number of benzene rings is 4. The molecule has 2 aromatic heterocycles. The molecule has 20 heteroatoms. The van der Waals surface area contributed by atoms with Crippen LogP contribution < -0.4 is 20.4 Å². The van der Waals surface area contributed by atoms with E-state index >= 15 is 0 Å². The van der Waals surface area contributed by atoms with Gasteiger partial charge in [0.05, 0.1) is 11.4 Å². The molecule has 336 valence electrons. The van der Waals surface area contributed by atoms with Gasteiger partial charge in [-0.15, -0.1) is 0 Å². The zero-order valence-electron chi connectivity index (χ0n) is 37.2. The Morgan fingerprint density at radius 2 is 0.788 bits per heavy atom. The number of hydrogen-bond donors (Lipinski definition) is 4. The molecule has 0 atom stereocenters. The molecule has 0 saturated carbocycles. The van der Waals surface area contributed by atoms with E-state index in [9.17, 15) is 50.4 Å². The monoisotopic (exact) mass is 1000 g/mol.